The second kappa shape index (κ2) is 4.87. The van der Waals surface area contributed by atoms with E-state index in [-0.39, 0.29) is 11.7 Å². The first kappa shape index (κ1) is 12.1. The summed E-state index contributed by atoms with van der Waals surface area (Å²) in [5, 5.41) is 2.72. The Morgan fingerprint density at radius 3 is 2.56 bits per heavy atom. The van der Waals surface area contributed by atoms with Gasteiger partial charge in [-0.15, -0.1) is 0 Å². The molecular formula is C14H13NO3. The highest BCUT2D eigenvalue weighted by molar-refractivity contribution is 6.05. The number of aryl methyl sites for hydroxylation is 1. The average Bonchev–Trinajstić information content (AvgIpc) is 2.76. The molecule has 0 radical (unpaired) electrons. The zero-order chi connectivity index (χ0) is 13.1. The summed E-state index contributed by atoms with van der Waals surface area (Å²) in [6, 6.07) is 8.47. The van der Waals surface area contributed by atoms with E-state index in [0.717, 1.165) is 0 Å². The molecule has 1 N–H and O–H groups in total. The lowest BCUT2D eigenvalue weighted by Crippen LogP contribution is -2.11. The van der Waals surface area contributed by atoms with Crippen LogP contribution in [0.2, 0.25) is 0 Å². The summed E-state index contributed by atoms with van der Waals surface area (Å²) in [7, 11) is 0. The van der Waals surface area contributed by atoms with Gasteiger partial charge in [-0.3, -0.25) is 9.59 Å². The molecule has 0 saturated heterocycles. The number of nitrogens with one attached hydrogen (secondary N) is 1. The van der Waals surface area contributed by atoms with Crippen molar-refractivity contribution >= 4 is 17.4 Å². The third-order valence-corrected chi connectivity index (χ3v) is 2.52. The molecule has 0 fully saturated rings. The molecule has 0 spiro atoms. The number of carbonyl (C=O) groups is 2. The van der Waals surface area contributed by atoms with Gasteiger partial charge in [0.1, 0.15) is 12.0 Å². The lowest BCUT2D eigenvalue weighted by molar-refractivity contribution is 0.101. The van der Waals surface area contributed by atoms with Crippen LogP contribution < -0.4 is 5.32 Å². The van der Waals surface area contributed by atoms with Crippen molar-refractivity contribution < 1.29 is 14.0 Å². The maximum absolute atomic E-state index is 11.9. The molecule has 1 amide bonds. The van der Waals surface area contributed by atoms with Gasteiger partial charge in [0.2, 0.25) is 0 Å². The van der Waals surface area contributed by atoms with Gasteiger partial charge in [0.05, 0.1) is 5.56 Å². The van der Waals surface area contributed by atoms with Crippen LogP contribution in [-0.4, -0.2) is 11.7 Å². The summed E-state index contributed by atoms with van der Waals surface area (Å²) in [6.45, 7) is 3.26. The predicted octanol–water partition coefficient (Wildman–Crippen LogP) is 3.04. The Morgan fingerprint density at radius 2 is 1.94 bits per heavy atom. The molecule has 2 aromatic rings. The van der Waals surface area contributed by atoms with E-state index in [1.54, 1.807) is 37.3 Å². The number of hydrogen-bond donors (Lipinski definition) is 1. The van der Waals surface area contributed by atoms with E-state index in [1.165, 1.54) is 13.2 Å². The van der Waals surface area contributed by atoms with Crippen molar-refractivity contribution in [2.75, 3.05) is 5.32 Å². The molecule has 1 heterocycles. The van der Waals surface area contributed by atoms with Crippen molar-refractivity contribution in [1.82, 2.24) is 0 Å². The summed E-state index contributed by atoms with van der Waals surface area (Å²) in [4.78, 5) is 23.1. The Labute approximate surface area is 105 Å². The SMILES string of the molecule is CC(=O)c1cccc(NC(=O)c2coc(C)c2)c1. The fourth-order valence-electron chi connectivity index (χ4n) is 1.58. The van der Waals surface area contributed by atoms with Crippen LogP contribution in [0.3, 0.4) is 0 Å². The minimum absolute atomic E-state index is 0.0368. The average molecular weight is 243 g/mol. The van der Waals surface area contributed by atoms with Crippen molar-refractivity contribution in [2.24, 2.45) is 0 Å². The minimum Gasteiger partial charge on any atom is -0.469 e. The molecule has 18 heavy (non-hydrogen) atoms. The highest BCUT2D eigenvalue weighted by Gasteiger charge is 2.09. The van der Waals surface area contributed by atoms with Gasteiger partial charge < -0.3 is 9.73 Å². The van der Waals surface area contributed by atoms with Gasteiger partial charge in [0.25, 0.3) is 5.91 Å². The van der Waals surface area contributed by atoms with Crippen molar-refractivity contribution in [3.63, 3.8) is 0 Å². The van der Waals surface area contributed by atoms with E-state index in [0.29, 0.717) is 22.6 Å². The minimum atomic E-state index is -0.257. The van der Waals surface area contributed by atoms with Crippen LogP contribution >= 0.6 is 0 Å². The zero-order valence-electron chi connectivity index (χ0n) is 10.2. The lowest BCUT2D eigenvalue weighted by Gasteiger charge is -2.04. The van der Waals surface area contributed by atoms with Gasteiger partial charge in [-0.1, -0.05) is 12.1 Å². The third-order valence-electron chi connectivity index (χ3n) is 2.52. The van der Waals surface area contributed by atoms with Gasteiger partial charge in [-0.25, -0.2) is 0 Å². The number of amides is 1. The zero-order valence-corrected chi connectivity index (χ0v) is 10.2. The first-order valence-corrected chi connectivity index (χ1v) is 5.54. The lowest BCUT2D eigenvalue weighted by atomic mass is 10.1. The number of rotatable bonds is 3. The number of Topliss-reactive ketones (excluding diaryl/α,β-unsaturated/α-hetero) is 1. The second-order valence-electron chi connectivity index (χ2n) is 4.04. The van der Waals surface area contributed by atoms with E-state index in [9.17, 15) is 9.59 Å². The van der Waals surface area contributed by atoms with Crippen LogP contribution in [0, 0.1) is 6.92 Å². The van der Waals surface area contributed by atoms with Crippen molar-refractivity contribution in [3.8, 4) is 0 Å². The Balaban J connectivity index is 2.16. The normalized spacial score (nSPS) is 10.1. The first-order valence-electron chi connectivity index (χ1n) is 5.54. The van der Waals surface area contributed by atoms with Crippen molar-refractivity contribution in [1.29, 1.82) is 0 Å². The van der Waals surface area contributed by atoms with Crippen LogP contribution in [0.25, 0.3) is 0 Å². The fourth-order valence-corrected chi connectivity index (χ4v) is 1.58. The van der Waals surface area contributed by atoms with Crippen LogP contribution in [0.5, 0.6) is 0 Å². The van der Waals surface area contributed by atoms with Crippen molar-refractivity contribution in [3.05, 3.63) is 53.5 Å². The third kappa shape index (κ3) is 2.66. The maximum atomic E-state index is 11.9. The van der Waals surface area contributed by atoms with E-state index in [2.05, 4.69) is 5.32 Å². The molecule has 0 aliphatic rings. The topological polar surface area (TPSA) is 59.3 Å². The van der Waals surface area contributed by atoms with E-state index in [1.807, 2.05) is 0 Å². The molecule has 0 aliphatic carbocycles. The highest BCUT2D eigenvalue weighted by Crippen LogP contribution is 2.14. The smallest absolute Gasteiger partial charge is 0.258 e. The molecule has 2 rings (SSSR count). The summed E-state index contributed by atoms with van der Waals surface area (Å²) >= 11 is 0. The Hall–Kier alpha value is -2.36. The van der Waals surface area contributed by atoms with E-state index < -0.39 is 0 Å². The van der Waals surface area contributed by atoms with E-state index in [4.69, 9.17) is 4.42 Å². The maximum Gasteiger partial charge on any atom is 0.258 e. The van der Waals surface area contributed by atoms with Gasteiger partial charge in [-0.2, -0.15) is 0 Å². The Kier molecular flexibility index (Phi) is 3.28. The molecule has 4 nitrogen and oxygen atoms in total. The Morgan fingerprint density at radius 1 is 1.17 bits per heavy atom. The van der Waals surface area contributed by atoms with Gasteiger partial charge in [0, 0.05) is 11.3 Å². The van der Waals surface area contributed by atoms with Crippen molar-refractivity contribution in [2.45, 2.75) is 13.8 Å². The van der Waals surface area contributed by atoms with Crippen LogP contribution in [0.15, 0.2) is 41.0 Å². The molecule has 0 aliphatic heterocycles. The van der Waals surface area contributed by atoms with Crippen LogP contribution in [0.1, 0.15) is 33.4 Å². The number of anilines is 1. The molecule has 0 unspecified atom stereocenters. The summed E-state index contributed by atoms with van der Waals surface area (Å²) in [5.74, 6) is 0.385. The van der Waals surface area contributed by atoms with Gasteiger partial charge >= 0.3 is 0 Å². The number of ketones is 1. The van der Waals surface area contributed by atoms with Gasteiger partial charge in [0.15, 0.2) is 5.78 Å². The second-order valence-corrected chi connectivity index (χ2v) is 4.04. The quantitative estimate of drug-likeness (QED) is 0.843. The number of benzene rings is 1. The van der Waals surface area contributed by atoms with E-state index >= 15 is 0 Å². The fraction of sp³-hybridized carbons (Fsp3) is 0.143. The van der Waals surface area contributed by atoms with Crippen LogP contribution in [-0.2, 0) is 0 Å². The highest BCUT2D eigenvalue weighted by atomic mass is 16.3. The summed E-state index contributed by atoms with van der Waals surface area (Å²) < 4.78 is 5.07. The molecule has 92 valence electrons. The molecule has 4 heteroatoms. The largest absolute Gasteiger partial charge is 0.469 e. The standard InChI is InChI=1S/C14H13NO3/c1-9-6-12(8-18-9)14(17)15-13-5-3-4-11(7-13)10(2)16/h3-8H,1-2H3,(H,15,17). The molecule has 0 atom stereocenters. The summed E-state index contributed by atoms with van der Waals surface area (Å²) in [6.07, 6.45) is 1.40. The number of furan rings is 1. The molecule has 0 bridgehead atoms. The predicted molar refractivity (Wildman–Crippen MR) is 67.8 cm³/mol. The van der Waals surface area contributed by atoms with Crippen LogP contribution in [0.4, 0.5) is 5.69 Å². The monoisotopic (exact) mass is 243 g/mol. The first-order chi connectivity index (χ1) is 8.56. The Bertz CT molecular complexity index is 599. The molecular weight excluding hydrogens is 230 g/mol. The molecule has 0 saturated carbocycles. The molecule has 1 aromatic heterocycles. The number of carbonyl (C=O) groups excluding carboxylic acids is 2. The van der Waals surface area contributed by atoms with Gasteiger partial charge in [-0.05, 0) is 32.0 Å². The summed E-state index contributed by atoms with van der Waals surface area (Å²) in [5.41, 5.74) is 1.61. The number of hydrogen-bond acceptors (Lipinski definition) is 3. The molecule has 1 aromatic carbocycles.